The molecule has 0 amide bonds. The molecule has 36 heavy (non-hydrogen) atoms. The summed E-state index contributed by atoms with van der Waals surface area (Å²) >= 11 is 0. The van der Waals surface area contributed by atoms with Crippen LogP contribution in [-0.2, 0) is 10.8 Å². The third-order valence-corrected chi connectivity index (χ3v) is 8.96. The molecule has 3 aliphatic rings. The normalized spacial score (nSPS) is 22.4. The summed E-state index contributed by atoms with van der Waals surface area (Å²) in [6, 6.07) is 21.9. The van der Waals surface area contributed by atoms with Crippen molar-refractivity contribution in [1.82, 2.24) is 19.9 Å². The molecule has 0 N–H and O–H groups in total. The molecule has 0 fully saturated rings. The molecule has 0 saturated heterocycles. The Bertz CT molecular complexity index is 1820. The highest BCUT2D eigenvalue weighted by Gasteiger charge is 2.51. The number of fused-ring (bicyclic) bond motifs is 5. The van der Waals surface area contributed by atoms with Crippen molar-refractivity contribution in [3.63, 3.8) is 0 Å². The predicted molar refractivity (Wildman–Crippen MR) is 146 cm³/mol. The van der Waals surface area contributed by atoms with Crippen molar-refractivity contribution in [3.05, 3.63) is 94.0 Å². The van der Waals surface area contributed by atoms with Gasteiger partial charge in [-0.2, -0.15) is 0 Å². The fourth-order valence-electron chi connectivity index (χ4n) is 6.82. The summed E-state index contributed by atoms with van der Waals surface area (Å²) in [5.74, 6) is 0. The number of rotatable bonds is 0. The predicted octanol–water partition coefficient (Wildman–Crippen LogP) is 7.22. The largest absolute Gasteiger partial charge is 0.244 e. The maximum atomic E-state index is 5.05. The molecular formula is C32H26N4. The van der Waals surface area contributed by atoms with Gasteiger partial charge in [-0.05, 0) is 109 Å². The summed E-state index contributed by atoms with van der Waals surface area (Å²) in [7, 11) is 0. The second-order valence-corrected chi connectivity index (χ2v) is 11.4. The Labute approximate surface area is 209 Å². The van der Waals surface area contributed by atoms with Crippen LogP contribution in [0.15, 0.2) is 60.7 Å². The summed E-state index contributed by atoms with van der Waals surface area (Å²) < 4.78 is 0. The van der Waals surface area contributed by atoms with E-state index in [9.17, 15) is 0 Å². The summed E-state index contributed by atoms with van der Waals surface area (Å²) in [5.41, 5.74) is 15.5. The lowest BCUT2D eigenvalue weighted by Gasteiger charge is -2.53. The minimum absolute atomic E-state index is 0.0847. The van der Waals surface area contributed by atoms with Gasteiger partial charge in [0.2, 0.25) is 0 Å². The van der Waals surface area contributed by atoms with Crippen LogP contribution in [0.4, 0.5) is 0 Å². The molecule has 4 aromatic carbocycles. The standard InChI is InChI=1S/C32H26N4/c1-17-5-7-23-25(11-17)35-29-15-21-19(13-27(29)33-23)31(3)9-10-32(21,4)22-16-30-28(14-20(22)31)34-24-8-6-18(2)12-26(24)36-30/h5-8,11-16H,9-10H2,1-4H3. The summed E-state index contributed by atoms with van der Waals surface area (Å²) in [6.07, 6.45) is 2.22. The monoisotopic (exact) mass is 466 g/mol. The van der Waals surface area contributed by atoms with Crippen LogP contribution in [0.25, 0.3) is 44.1 Å². The van der Waals surface area contributed by atoms with Gasteiger partial charge in [-0.15, -0.1) is 0 Å². The Morgan fingerprint density at radius 2 is 0.750 bits per heavy atom. The quantitative estimate of drug-likeness (QED) is 0.222. The molecule has 0 saturated carbocycles. The molecule has 9 rings (SSSR count). The van der Waals surface area contributed by atoms with Crippen molar-refractivity contribution in [1.29, 1.82) is 0 Å². The van der Waals surface area contributed by atoms with Crippen molar-refractivity contribution in [2.45, 2.75) is 51.4 Å². The number of nitrogens with zero attached hydrogens (tertiary/aromatic N) is 4. The fraction of sp³-hybridized carbons (Fsp3) is 0.250. The van der Waals surface area contributed by atoms with Gasteiger partial charge in [-0.3, -0.25) is 0 Å². The number of benzene rings is 4. The van der Waals surface area contributed by atoms with Crippen LogP contribution in [0.1, 0.15) is 60.1 Å². The molecule has 4 heteroatoms. The molecule has 0 radical (unpaired) electrons. The smallest absolute Gasteiger partial charge is 0.0897 e. The van der Waals surface area contributed by atoms with Gasteiger partial charge in [0.25, 0.3) is 0 Å². The van der Waals surface area contributed by atoms with Gasteiger partial charge in [0.05, 0.1) is 44.1 Å². The number of hydrogen-bond acceptors (Lipinski definition) is 4. The fourth-order valence-corrected chi connectivity index (χ4v) is 6.82. The lowest BCUT2D eigenvalue weighted by Crippen LogP contribution is -2.46. The van der Waals surface area contributed by atoms with Crippen LogP contribution in [0, 0.1) is 13.8 Å². The molecule has 0 unspecified atom stereocenters. The first-order valence-corrected chi connectivity index (χ1v) is 12.8. The zero-order valence-electron chi connectivity index (χ0n) is 21.0. The molecule has 3 aliphatic carbocycles. The molecule has 0 aliphatic heterocycles. The van der Waals surface area contributed by atoms with E-state index in [0.29, 0.717) is 0 Å². The first-order valence-electron chi connectivity index (χ1n) is 12.8. The summed E-state index contributed by atoms with van der Waals surface area (Å²) in [5, 5.41) is 0. The Balaban J connectivity index is 1.42. The number of aryl methyl sites for hydroxylation is 2. The van der Waals surface area contributed by atoms with Gasteiger partial charge >= 0.3 is 0 Å². The molecule has 174 valence electrons. The third-order valence-electron chi connectivity index (χ3n) is 8.96. The molecule has 0 spiro atoms. The summed E-state index contributed by atoms with van der Waals surface area (Å²) in [4.78, 5) is 20.1. The van der Waals surface area contributed by atoms with E-state index in [4.69, 9.17) is 19.9 Å². The van der Waals surface area contributed by atoms with Crippen LogP contribution >= 0.6 is 0 Å². The van der Waals surface area contributed by atoms with Gasteiger partial charge in [-0.1, -0.05) is 26.0 Å². The molecule has 2 aromatic heterocycles. The van der Waals surface area contributed by atoms with Crippen LogP contribution in [-0.4, -0.2) is 19.9 Å². The number of aromatic nitrogens is 4. The first kappa shape index (κ1) is 20.3. The van der Waals surface area contributed by atoms with Crippen molar-refractivity contribution < 1.29 is 0 Å². The SMILES string of the molecule is Cc1ccc2nc3cc4c(cc3nc2c1)C1(C)CCC4(C)c2cc3nc4ccc(C)cc4nc3cc21. The van der Waals surface area contributed by atoms with Crippen molar-refractivity contribution in [2.24, 2.45) is 0 Å². The lowest BCUT2D eigenvalue weighted by molar-refractivity contribution is 0.328. The third kappa shape index (κ3) is 2.49. The Kier molecular flexibility index (Phi) is 3.63. The summed E-state index contributed by atoms with van der Waals surface area (Å²) in [6.45, 7) is 9.01. The van der Waals surface area contributed by atoms with Crippen LogP contribution < -0.4 is 0 Å². The minimum Gasteiger partial charge on any atom is -0.244 e. The van der Waals surface area contributed by atoms with E-state index >= 15 is 0 Å². The lowest BCUT2D eigenvalue weighted by atomic mass is 9.50. The molecule has 2 heterocycles. The molecule has 2 bridgehead atoms. The van der Waals surface area contributed by atoms with E-state index in [1.807, 2.05) is 0 Å². The maximum Gasteiger partial charge on any atom is 0.0897 e. The van der Waals surface area contributed by atoms with E-state index in [0.717, 1.165) is 57.0 Å². The van der Waals surface area contributed by atoms with Crippen molar-refractivity contribution in [2.75, 3.05) is 0 Å². The molecular weight excluding hydrogens is 440 g/mol. The van der Waals surface area contributed by atoms with Crippen LogP contribution in [0.2, 0.25) is 0 Å². The van der Waals surface area contributed by atoms with Gasteiger partial charge < -0.3 is 0 Å². The second kappa shape index (κ2) is 6.44. The minimum atomic E-state index is -0.0860. The Hall–Kier alpha value is -3.92. The van der Waals surface area contributed by atoms with E-state index in [2.05, 4.69) is 88.4 Å². The second-order valence-electron chi connectivity index (χ2n) is 11.4. The average Bonchev–Trinajstić information content (AvgIpc) is 2.86. The van der Waals surface area contributed by atoms with Crippen LogP contribution in [0.3, 0.4) is 0 Å². The van der Waals surface area contributed by atoms with E-state index in [-0.39, 0.29) is 10.8 Å². The first-order chi connectivity index (χ1) is 17.3. The molecule has 6 aromatic rings. The highest BCUT2D eigenvalue weighted by atomic mass is 14.8. The van der Waals surface area contributed by atoms with Gasteiger partial charge in [0, 0.05) is 10.8 Å². The van der Waals surface area contributed by atoms with Gasteiger partial charge in [0.1, 0.15) is 0 Å². The van der Waals surface area contributed by atoms with Crippen molar-refractivity contribution in [3.8, 4) is 0 Å². The van der Waals surface area contributed by atoms with Crippen molar-refractivity contribution >= 4 is 44.1 Å². The molecule has 0 atom stereocenters. The molecule has 4 nitrogen and oxygen atoms in total. The van der Waals surface area contributed by atoms with Gasteiger partial charge in [-0.25, -0.2) is 19.9 Å². The van der Waals surface area contributed by atoms with E-state index in [1.54, 1.807) is 0 Å². The number of hydrogen-bond donors (Lipinski definition) is 0. The Morgan fingerprint density at radius 3 is 1.11 bits per heavy atom. The maximum absolute atomic E-state index is 5.05. The zero-order chi connectivity index (χ0) is 24.4. The van der Waals surface area contributed by atoms with Gasteiger partial charge in [0.15, 0.2) is 0 Å². The highest BCUT2D eigenvalue weighted by Crippen LogP contribution is 2.60. The zero-order valence-corrected chi connectivity index (χ0v) is 21.0. The van der Waals surface area contributed by atoms with Crippen LogP contribution in [0.5, 0.6) is 0 Å². The topological polar surface area (TPSA) is 51.6 Å². The van der Waals surface area contributed by atoms with E-state index < -0.39 is 0 Å². The Morgan fingerprint density at radius 1 is 0.444 bits per heavy atom. The average molecular weight is 467 g/mol. The van der Waals surface area contributed by atoms with E-state index in [1.165, 1.54) is 33.4 Å². The highest BCUT2D eigenvalue weighted by molar-refractivity contribution is 5.91.